The number of piperazine rings is 1. The van der Waals surface area contributed by atoms with Crippen LogP contribution in [-0.2, 0) is 0 Å². The van der Waals surface area contributed by atoms with Crippen LogP contribution in [0.4, 0.5) is 0 Å². The summed E-state index contributed by atoms with van der Waals surface area (Å²) in [6.45, 7) is 12.6. The van der Waals surface area contributed by atoms with E-state index in [9.17, 15) is 0 Å². The highest BCUT2D eigenvalue weighted by Crippen LogP contribution is 2.18. The van der Waals surface area contributed by atoms with Gasteiger partial charge in [0, 0.05) is 37.6 Å². The topological polar surface area (TPSA) is 6.48 Å². The predicted molar refractivity (Wildman–Crippen MR) is 83.6 cm³/mol. The molecule has 0 saturated carbocycles. The van der Waals surface area contributed by atoms with Gasteiger partial charge in [0.1, 0.15) is 0 Å². The second-order valence-corrected chi connectivity index (χ2v) is 5.61. The molecule has 0 aromatic carbocycles. The van der Waals surface area contributed by atoms with Gasteiger partial charge in [0.15, 0.2) is 0 Å². The monoisotopic (exact) mass is 266 g/mol. The Morgan fingerprint density at radius 2 is 2.00 bits per heavy atom. The largest absolute Gasteiger partial charge is 0.369 e. The van der Waals surface area contributed by atoms with Crippen LogP contribution in [0.1, 0.15) is 26.7 Å². The third-order valence-electron chi connectivity index (χ3n) is 3.00. The first-order valence-corrected chi connectivity index (χ1v) is 7.84. The van der Waals surface area contributed by atoms with Crippen molar-refractivity contribution >= 4 is 11.9 Å². The zero-order valence-electron chi connectivity index (χ0n) is 11.8. The van der Waals surface area contributed by atoms with E-state index in [1.807, 2.05) is 18.0 Å². The van der Waals surface area contributed by atoms with Crippen molar-refractivity contribution < 1.29 is 0 Å². The van der Waals surface area contributed by atoms with E-state index in [1.165, 1.54) is 24.3 Å². The minimum absolute atomic E-state index is 1.11. The van der Waals surface area contributed by atoms with Crippen molar-refractivity contribution in [3.05, 3.63) is 36.6 Å². The number of rotatable bonds is 7. The number of unbranched alkanes of at least 4 members (excludes halogenated alkanes) is 1. The summed E-state index contributed by atoms with van der Waals surface area (Å²) in [6, 6.07) is 0. The third-order valence-corrected chi connectivity index (χ3v) is 4.20. The average Bonchev–Trinajstić information content (AvgIpc) is 2.40. The van der Waals surface area contributed by atoms with Crippen LogP contribution >= 0.6 is 11.9 Å². The van der Waals surface area contributed by atoms with Crippen molar-refractivity contribution in [3.8, 4) is 0 Å². The molecule has 0 radical (unpaired) electrons. The lowest BCUT2D eigenvalue weighted by molar-refractivity contribution is 0.246. The first kappa shape index (κ1) is 15.4. The Hall–Kier alpha value is -0.670. The lowest BCUT2D eigenvalue weighted by Gasteiger charge is -2.35. The second-order valence-electron chi connectivity index (χ2n) is 4.43. The van der Waals surface area contributed by atoms with Crippen molar-refractivity contribution in [3.63, 3.8) is 0 Å². The molecular formula is C15H26N2S. The summed E-state index contributed by atoms with van der Waals surface area (Å²) in [4.78, 5) is 2.44. The zero-order valence-corrected chi connectivity index (χ0v) is 12.6. The van der Waals surface area contributed by atoms with E-state index < -0.39 is 0 Å². The maximum Gasteiger partial charge on any atom is 0.0363 e. The SMILES string of the molecule is C=CC=C(C=CC)N1CCN(SCCCC)CC1. The van der Waals surface area contributed by atoms with Crippen molar-refractivity contribution in [2.45, 2.75) is 26.7 Å². The lowest BCUT2D eigenvalue weighted by atomic mass is 10.2. The van der Waals surface area contributed by atoms with E-state index in [0.29, 0.717) is 0 Å². The molecule has 1 aliphatic heterocycles. The zero-order chi connectivity index (χ0) is 13.2. The third kappa shape index (κ3) is 5.32. The molecule has 3 heteroatoms. The molecule has 0 aromatic heterocycles. The molecule has 102 valence electrons. The van der Waals surface area contributed by atoms with Crippen LogP contribution in [0.5, 0.6) is 0 Å². The summed E-state index contributed by atoms with van der Waals surface area (Å²) in [5.74, 6) is 1.26. The van der Waals surface area contributed by atoms with Crippen LogP contribution in [0, 0.1) is 0 Å². The Bertz CT molecular complexity index is 289. The van der Waals surface area contributed by atoms with Gasteiger partial charge in [0.25, 0.3) is 0 Å². The highest BCUT2D eigenvalue weighted by Gasteiger charge is 2.17. The Balaban J connectivity index is 2.37. The smallest absolute Gasteiger partial charge is 0.0363 e. The van der Waals surface area contributed by atoms with E-state index in [1.54, 1.807) is 0 Å². The van der Waals surface area contributed by atoms with E-state index in [2.05, 4.69) is 47.9 Å². The van der Waals surface area contributed by atoms with E-state index in [0.717, 1.165) is 26.2 Å². The summed E-state index contributed by atoms with van der Waals surface area (Å²) >= 11 is 2.01. The molecule has 18 heavy (non-hydrogen) atoms. The lowest BCUT2D eigenvalue weighted by Crippen LogP contribution is -2.42. The van der Waals surface area contributed by atoms with Gasteiger partial charge in [-0.1, -0.05) is 44.0 Å². The molecule has 1 fully saturated rings. The van der Waals surface area contributed by atoms with Gasteiger partial charge in [-0.15, -0.1) is 0 Å². The first-order valence-electron chi connectivity index (χ1n) is 6.90. The Labute approximate surface area is 117 Å². The summed E-state index contributed by atoms with van der Waals surface area (Å²) < 4.78 is 2.51. The molecule has 1 aliphatic rings. The molecule has 0 spiro atoms. The fourth-order valence-corrected chi connectivity index (χ4v) is 3.07. The molecule has 1 saturated heterocycles. The number of hydrogen-bond acceptors (Lipinski definition) is 3. The summed E-state index contributed by atoms with van der Waals surface area (Å²) in [5.41, 5.74) is 1.28. The molecule has 0 unspecified atom stereocenters. The highest BCUT2D eigenvalue weighted by molar-refractivity contribution is 7.97. The van der Waals surface area contributed by atoms with Gasteiger partial charge in [-0.05, 0) is 25.5 Å². The van der Waals surface area contributed by atoms with E-state index in [-0.39, 0.29) is 0 Å². The summed E-state index contributed by atoms with van der Waals surface area (Å²) in [6.07, 6.45) is 10.8. The van der Waals surface area contributed by atoms with E-state index in [4.69, 9.17) is 0 Å². The summed E-state index contributed by atoms with van der Waals surface area (Å²) in [5, 5.41) is 0. The average molecular weight is 266 g/mol. The maximum atomic E-state index is 3.79. The van der Waals surface area contributed by atoms with E-state index >= 15 is 0 Å². The van der Waals surface area contributed by atoms with Gasteiger partial charge in [0.05, 0.1) is 0 Å². The Morgan fingerprint density at radius 3 is 2.56 bits per heavy atom. The van der Waals surface area contributed by atoms with Crippen LogP contribution in [-0.4, -0.2) is 41.1 Å². The van der Waals surface area contributed by atoms with Crippen LogP contribution in [0.25, 0.3) is 0 Å². The molecule has 0 aliphatic carbocycles. The Kier molecular flexibility index (Phi) is 7.94. The highest BCUT2D eigenvalue weighted by atomic mass is 32.2. The summed E-state index contributed by atoms with van der Waals surface area (Å²) in [7, 11) is 0. The number of allylic oxidation sites excluding steroid dienone is 4. The second kappa shape index (κ2) is 9.29. The molecule has 0 bridgehead atoms. The van der Waals surface area contributed by atoms with Crippen molar-refractivity contribution in [2.24, 2.45) is 0 Å². The molecule has 2 nitrogen and oxygen atoms in total. The fourth-order valence-electron chi connectivity index (χ4n) is 1.97. The van der Waals surface area contributed by atoms with Gasteiger partial charge in [-0.2, -0.15) is 0 Å². The molecule has 1 rings (SSSR count). The van der Waals surface area contributed by atoms with Crippen LogP contribution in [0.15, 0.2) is 36.6 Å². The molecule has 0 atom stereocenters. The van der Waals surface area contributed by atoms with Crippen molar-refractivity contribution in [1.29, 1.82) is 0 Å². The molecule has 0 N–H and O–H groups in total. The minimum atomic E-state index is 1.11. The van der Waals surface area contributed by atoms with Crippen molar-refractivity contribution in [2.75, 3.05) is 31.9 Å². The Morgan fingerprint density at radius 1 is 1.28 bits per heavy atom. The van der Waals surface area contributed by atoms with Gasteiger partial charge < -0.3 is 4.90 Å². The quantitative estimate of drug-likeness (QED) is 0.394. The first-order chi connectivity index (χ1) is 8.81. The van der Waals surface area contributed by atoms with Gasteiger partial charge in [-0.25, -0.2) is 4.31 Å². The van der Waals surface area contributed by atoms with Gasteiger partial charge >= 0.3 is 0 Å². The van der Waals surface area contributed by atoms with Crippen molar-refractivity contribution in [1.82, 2.24) is 9.21 Å². The number of nitrogens with zero attached hydrogens (tertiary/aromatic N) is 2. The minimum Gasteiger partial charge on any atom is -0.369 e. The normalized spacial score (nSPS) is 18.6. The molecule has 1 heterocycles. The van der Waals surface area contributed by atoms with Crippen LogP contribution in [0.3, 0.4) is 0 Å². The van der Waals surface area contributed by atoms with Crippen LogP contribution < -0.4 is 0 Å². The molecular weight excluding hydrogens is 240 g/mol. The van der Waals surface area contributed by atoms with Gasteiger partial charge in [0.2, 0.25) is 0 Å². The predicted octanol–water partition coefficient (Wildman–Crippen LogP) is 3.70. The fraction of sp³-hybridized carbons (Fsp3) is 0.600. The number of hydrogen-bond donors (Lipinski definition) is 0. The van der Waals surface area contributed by atoms with Crippen LogP contribution in [0.2, 0.25) is 0 Å². The molecule has 0 amide bonds. The maximum absolute atomic E-state index is 3.79. The molecule has 0 aromatic rings. The van der Waals surface area contributed by atoms with Gasteiger partial charge in [-0.3, -0.25) is 0 Å². The standard InChI is InChI=1S/C15H26N2S/c1-4-7-14-18-17-12-10-16(11-13-17)15(8-5-2)9-6-3/h5-6,8-9H,2,4,7,10-14H2,1,3H3.